The third-order valence-corrected chi connectivity index (χ3v) is 5.67. The number of carbonyl (C=O) groups is 1. The Balaban J connectivity index is 1.65. The number of aromatic nitrogens is 2. The molecule has 3 rings (SSSR count). The lowest BCUT2D eigenvalue weighted by molar-refractivity contribution is -0.131. The van der Waals surface area contributed by atoms with Crippen molar-refractivity contribution >= 4 is 29.3 Å². The van der Waals surface area contributed by atoms with Crippen LogP contribution in [0.3, 0.4) is 0 Å². The van der Waals surface area contributed by atoms with E-state index in [0.717, 1.165) is 22.8 Å². The third kappa shape index (κ3) is 3.99. The van der Waals surface area contributed by atoms with Crippen molar-refractivity contribution in [1.29, 1.82) is 0 Å². The molecule has 0 N–H and O–H groups in total. The fourth-order valence-corrected chi connectivity index (χ4v) is 4.34. The van der Waals surface area contributed by atoms with Crippen molar-refractivity contribution in [2.24, 2.45) is 0 Å². The van der Waals surface area contributed by atoms with Crippen LogP contribution >= 0.6 is 23.4 Å². The number of thioether (sulfide) groups is 1. The van der Waals surface area contributed by atoms with Crippen molar-refractivity contribution in [3.05, 3.63) is 63.5 Å². The van der Waals surface area contributed by atoms with Gasteiger partial charge < -0.3 is 4.90 Å². The molecule has 0 saturated carbocycles. The minimum atomic E-state index is -0.260. The number of hydrogen-bond donors (Lipinski definition) is 0. The van der Waals surface area contributed by atoms with E-state index >= 15 is 0 Å². The standard InChI is InChI=1S/C17H18ClN3O2S/c18-14-5-2-1-4-13(14)15-7-9-20(10-11-24-15)17(23)12-21-16(22)6-3-8-19-21/h1-6,8,15H,7,9-12H2/t15-/m0/s1. The van der Waals surface area contributed by atoms with E-state index in [1.807, 2.05) is 40.9 Å². The Hall–Kier alpha value is -1.79. The van der Waals surface area contributed by atoms with Gasteiger partial charge in [-0.3, -0.25) is 9.59 Å². The van der Waals surface area contributed by atoms with Crippen LogP contribution in [0.4, 0.5) is 0 Å². The van der Waals surface area contributed by atoms with Gasteiger partial charge in [-0.05, 0) is 24.1 Å². The number of rotatable bonds is 3. The van der Waals surface area contributed by atoms with E-state index in [-0.39, 0.29) is 23.3 Å². The minimum absolute atomic E-state index is 0.0128. The van der Waals surface area contributed by atoms with Crippen molar-refractivity contribution in [1.82, 2.24) is 14.7 Å². The average Bonchev–Trinajstić information content (AvgIpc) is 2.83. The smallest absolute Gasteiger partial charge is 0.267 e. The molecule has 0 spiro atoms. The van der Waals surface area contributed by atoms with E-state index in [9.17, 15) is 9.59 Å². The summed E-state index contributed by atoms with van der Waals surface area (Å²) >= 11 is 8.11. The highest BCUT2D eigenvalue weighted by Crippen LogP contribution is 2.37. The molecule has 2 aromatic rings. The summed E-state index contributed by atoms with van der Waals surface area (Å²) in [7, 11) is 0. The van der Waals surface area contributed by atoms with Gasteiger partial charge in [0.15, 0.2) is 0 Å². The molecule has 0 bridgehead atoms. The predicted molar refractivity (Wildman–Crippen MR) is 96.3 cm³/mol. The third-order valence-electron chi connectivity index (χ3n) is 4.02. The Morgan fingerprint density at radius 3 is 2.88 bits per heavy atom. The van der Waals surface area contributed by atoms with Gasteiger partial charge in [-0.25, -0.2) is 4.68 Å². The first-order valence-electron chi connectivity index (χ1n) is 7.81. The molecule has 0 aliphatic carbocycles. The monoisotopic (exact) mass is 363 g/mol. The molecule has 24 heavy (non-hydrogen) atoms. The lowest BCUT2D eigenvalue weighted by atomic mass is 10.1. The largest absolute Gasteiger partial charge is 0.340 e. The molecule has 1 atom stereocenters. The van der Waals surface area contributed by atoms with Crippen LogP contribution in [0.5, 0.6) is 0 Å². The molecule has 1 aliphatic rings. The first-order valence-corrected chi connectivity index (χ1v) is 9.24. The van der Waals surface area contributed by atoms with E-state index in [2.05, 4.69) is 5.10 Å². The van der Waals surface area contributed by atoms with E-state index in [1.165, 1.54) is 16.9 Å². The van der Waals surface area contributed by atoms with Gasteiger partial charge in [0.2, 0.25) is 5.91 Å². The quantitative estimate of drug-likeness (QED) is 0.841. The topological polar surface area (TPSA) is 55.2 Å². The molecule has 126 valence electrons. The molecule has 5 nitrogen and oxygen atoms in total. The summed E-state index contributed by atoms with van der Waals surface area (Å²) in [5.74, 6) is 0.773. The average molecular weight is 364 g/mol. The number of amides is 1. The molecular weight excluding hydrogens is 346 g/mol. The van der Waals surface area contributed by atoms with Crippen LogP contribution in [0, 0.1) is 0 Å². The Kier molecular flexibility index (Phi) is 5.58. The molecular formula is C17H18ClN3O2S. The fraction of sp³-hybridized carbons (Fsp3) is 0.353. The Labute approximate surface area is 149 Å². The maximum atomic E-state index is 12.5. The number of halogens is 1. The summed E-state index contributed by atoms with van der Waals surface area (Å²) < 4.78 is 1.20. The van der Waals surface area contributed by atoms with Crippen LogP contribution in [0.15, 0.2) is 47.4 Å². The minimum Gasteiger partial charge on any atom is -0.340 e. The maximum Gasteiger partial charge on any atom is 0.267 e. The first kappa shape index (κ1) is 17.0. The highest BCUT2D eigenvalue weighted by atomic mass is 35.5. The zero-order chi connectivity index (χ0) is 16.9. The van der Waals surface area contributed by atoms with E-state index < -0.39 is 0 Å². The number of carbonyl (C=O) groups excluding carboxylic acids is 1. The highest BCUT2D eigenvalue weighted by molar-refractivity contribution is 7.99. The van der Waals surface area contributed by atoms with Crippen LogP contribution < -0.4 is 5.56 Å². The number of benzene rings is 1. The summed E-state index contributed by atoms with van der Waals surface area (Å²) in [4.78, 5) is 26.0. The van der Waals surface area contributed by atoms with Crippen LogP contribution in [-0.4, -0.2) is 39.4 Å². The maximum absolute atomic E-state index is 12.5. The summed E-state index contributed by atoms with van der Waals surface area (Å²) in [6, 6.07) is 10.8. The second-order valence-corrected chi connectivity index (χ2v) is 7.29. The summed E-state index contributed by atoms with van der Waals surface area (Å²) in [5, 5.41) is 5.00. The van der Waals surface area contributed by atoms with E-state index in [4.69, 9.17) is 11.6 Å². The van der Waals surface area contributed by atoms with Crippen molar-refractivity contribution in [2.45, 2.75) is 18.2 Å². The molecule has 1 aliphatic heterocycles. The fourth-order valence-electron chi connectivity index (χ4n) is 2.74. The van der Waals surface area contributed by atoms with Gasteiger partial charge in [0.25, 0.3) is 5.56 Å². The predicted octanol–water partition coefficient (Wildman–Crippen LogP) is 2.60. The van der Waals surface area contributed by atoms with Gasteiger partial charge in [-0.1, -0.05) is 29.8 Å². The second kappa shape index (κ2) is 7.85. The van der Waals surface area contributed by atoms with Gasteiger partial charge in [0.1, 0.15) is 6.54 Å². The number of hydrogen-bond acceptors (Lipinski definition) is 4. The lowest BCUT2D eigenvalue weighted by Gasteiger charge is -2.20. The van der Waals surface area contributed by atoms with Gasteiger partial charge in [-0.15, -0.1) is 0 Å². The SMILES string of the molecule is O=C(Cn1ncccc1=O)N1CCS[C@H](c2ccccc2Cl)CC1. The van der Waals surface area contributed by atoms with E-state index in [1.54, 1.807) is 6.07 Å². The Morgan fingerprint density at radius 2 is 2.08 bits per heavy atom. The van der Waals surface area contributed by atoms with Crippen molar-refractivity contribution < 1.29 is 4.79 Å². The van der Waals surface area contributed by atoms with Gasteiger partial charge in [0.05, 0.1) is 0 Å². The second-order valence-electron chi connectivity index (χ2n) is 5.57. The van der Waals surface area contributed by atoms with Crippen molar-refractivity contribution in [2.75, 3.05) is 18.8 Å². The lowest BCUT2D eigenvalue weighted by Crippen LogP contribution is -2.38. The molecule has 1 aromatic carbocycles. The molecule has 1 aromatic heterocycles. The molecule has 1 amide bonds. The zero-order valence-corrected chi connectivity index (χ0v) is 14.7. The Morgan fingerprint density at radius 1 is 1.25 bits per heavy atom. The molecule has 1 saturated heterocycles. The summed E-state index contributed by atoms with van der Waals surface area (Å²) in [5.41, 5.74) is 0.864. The van der Waals surface area contributed by atoms with Crippen molar-refractivity contribution in [3.63, 3.8) is 0 Å². The van der Waals surface area contributed by atoms with Gasteiger partial charge in [0, 0.05) is 41.4 Å². The molecule has 0 radical (unpaired) electrons. The van der Waals surface area contributed by atoms with Crippen LogP contribution in [-0.2, 0) is 11.3 Å². The molecule has 0 unspecified atom stereocenters. The van der Waals surface area contributed by atoms with Gasteiger partial charge in [-0.2, -0.15) is 16.9 Å². The summed E-state index contributed by atoms with van der Waals surface area (Å²) in [6.07, 6.45) is 2.36. The first-order chi connectivity index (χ1) is 11.6. The molecule has 7 heteroatoms. The van der Waals surface area contributed by atoms with Crippen molar-refractivity contribution in [3.8, 4) is 0 Å². The van der Waals surface area contributed by atoms with Crippen LogP contribution in [0.25, 0.3) is 0 Å². The highest BCUT2D eigenvalue weighted by Gasteiger charge is 2.23. The van der Waals surface area contributed by atoms with Crippen LogP contribution in [0.2, 0.25) is 5.02 Å². The zero-order valence-electron chi connectivity index (χ0n) is 13.1. The van der Waals surface area contributed by atoms with E-state index in [0.29, 0.717) is 13.1 Å². The molecule has 1 fully saturated rings. The summed E-state index contributed by atoms with van der Waals surface area (Å²) in [6.45, 7) is 1.32. The Bertz CT molecular complexity index is 780. The molecule has 2 heterocycles. The van der Waals surface area contributed by atoms with Gasteiger partial charge >= 0.3 is 0 Å². The normalized spacial score (nSPS) is 18.2. The van der Waals surface area contributed by atoms with Crippen LogP contribution in [0.1, 0.15) is 17.2 Å². The number of nitrogens with zero attached hydrogens (tertiary/aromatic N) is 3.